The summed E-state index contributed by atoms with van der Waals surface area (Å²) in [6.45, 7) is 3.26. The molecule has 24 heavy (non-hydrogen) atoms. The van der Waals surface area contributed by atoms with Gasteiger partial charge in [-0.25, -0.2) is 12.7 Å². The zero-order valence-electron chi connectivity index (χ0n) is 14.4. The van der Waals surface area contributed by atoms with Crippen LogP contribution in [0.5, 0.6) is 0 Å². The maximum absolute atomic E-state index is 12.4. The van der Waals surface area contributed by atoms with Crippen molar-refractivity contribution in [2.24, 2.45) is 0 Å². The van der Waals surface area contributed by atoms with Crippen molar-refractivity contribution < 1.29 is 8.42 Å². The number of nitrogens with zero attached hydrogens (tertiary/aromatic N) is 1. The molecule has 2 aromatic carbocycles. The van der Waals surface area contributed by atoms with Crippen molar-refractivity contribution >= 4 is 16.1 Å². The molecule has 0 aliphatic rings. The molecule has 0 saturated heterocycles. The highest BCUT2D eigenvalue weighted by atomic mass is 32.2. The van der Waals surface area contributed by atoms with Gasteiger partial charge in [-0.3, -0.25) is 0 Å². The fourth-order valence-corrected chi connectivity index (χ4v) is 3.49. The zero-order valence-corrected chi connectivity index (χ0v) is 15.2. The Kier molecular flexibility index (Phi) is 6.31. The highest BCUT2D eigenvalue weighted by Crippen LogP contribution is 2.18. The van der Waals surface area contributed by atoms with Crippen molar-refractivity contribution in [3.8, 4) is 0 Å². The van der Waals surface area contributed by atoms with Crippen molar-refractivity contribution in [2.45, 2.75) is 18.4 Å². The van der Waals surface area contributed by atoms with E-state index >= 15 is 0 Å². The monoisotopic (exact) mass is 344 g/mol. The molecule has 0 bridgehead atoms. The molecule has 5 heteroatoms. The minimum absolute atomic E-state index is 0.354. The summed E-state index contributed by atoms with van der Waals surface area (Å²) in [5.74, 6) is 0. The predicted octanol–water partition coefficient (Wildman–Crippen LogP) is 3.13. The predicted molar refractivity (Wildman–Crippen MR) is 99.1 cm³/mol. The van der Waals surface area contributed by atoms with Crippen LogP contribution in [0.15, 0.2) is 65.1 Å². The summed E-state index contributed by atoms with van der Waals surface area (Å²) in [7, 11) is -0.332. The van der Waals surface area contributed by atoms with Gasteiger partial charge in [0.15, 0.2) is 0 Å². The fraction of sp³-hybridized carbons (Fsp3) is 0.263. The number of hydrogen-bond acceptors (Lipinski definition) is 3. The van der Waals surface area contributed by atoms with E-state index in [1.165, 1.54) is 9.88 Å². The molecule has 0 aliphatic carbocycles. The third-order valence-electron chi connectivity index (χ3n) is 3.66. The van der Waals surface area contributed by atoms with E-state index in [9.17, 15) is 8.42 Å². The average Bonchev–Trinajstić information content (AvgIpc) is 2.56. The normalized spacial score (nSPS) is 12.6. The van der Waals surface area contributed by atoms with Crippen LogP contribution < -0.4 is 5.32 Å². The summed E-state index contributed by atoms with van der Waals surface area (Å²) in [5, 5.41) is 3.32. The Hall–Kier alpha value is -1.95. The maximum atomic E-state index is 12.4. The second kappa shape index (κ2) is 8.24. The molecule has 0 saturated carbocycles. The smallest absolute Gasteiger partial charge is 0.242 e. The van der Waals surface area contributed by atoms with Crippen molar-refractivity contribution in [3.05, 3.63) is 71.3 Å². The Morgan fingerprint density at radius 1 is 1.04 bits per heavy atom. The third-order valence-corrected chi connectivity index (χ3v) is 5.58. The number of rotatable bonds is 7. The summed E-state index contributed by atoms with van der Waals surface area (Å²) >= 11 is 0. The Morgan fingerprint density at radius 2 is 1.67 bits per heavy atom. The van der Waals surface area contributed by atoms with E-state index in [0.717, 1.165) is 11.1 Å². The first-order valence-corrected chi connectivity index (χ1v) is 9.28. The van der Waals surface area contributed by atoms with Crippen molar-refractivity contribution in [1.29, 1.82) is 0 Å². The fourth-order valence-electron chi connectivity index (χ4n) is 2.38. The lowest BCUT2D eigenvalue weighted by Gasteiger charge is -2.15. The van der Waals surface area contributed by atoms with Gasteiger partial charge in [-0.15, -0.1) is 0 Å². The summed E-state index contributed by atoms with van der Waals surface area (Å²) in [6, 6.07) is 17.2. The molecular weight excluding hydrogens is 320 g/mol. The van der Waals surface area contributed by atoms with E-state index in [1.54, 1.807) is 26.2 Å². The first kappa shape index (κ1) is 18.4. The second-order valence-corrected chi connectivity index (χ2v) is 8.02. The second-order valence-electron chi connectivity index (χ2n) is 5.90. The van der Waals surface area contributed by atoms with Gasteiger partial charge in [0.2, 0.25) is 10.0 Å². The van der Waals surface area contributed by atoms with Gasteiger partial charge < -0.3 is 5.32 Å². The minimum atomic E-state index is -3.43. The molecule has 0 unspecified atom stereocenters. The zero-order chi connectivity index (χ0) is 17.6. The van der Waals surface area contributed by atoms with E-state index in [4.69, 9.17) is 0 Å². The minimum Gasteiger partial charge on any atom is -0.309 e. The van der Waals surface area contributed by atoms with Gasteiger partial charge in [0, 0.05) is 27.2 Å². The van der Waals surface area contributed by atoms with Crippen LogP contribution in [-0.2, 0) is 16.6 Å². The lowest BCUT2D eigenvalue weighted by atomic mass is 10.1. The molecular formula is C19H24N2O2S. The molecule has 0 amide bonds. The van der Waals surface area contributed by atoms with Crippen LogP contribution in [-0.4, -0.2) is 33.4 Å². The summed E-state index contributed by atoms with van der Waals surface area (Å²) in [4.78, 5) is 0.354. The first-order valence-electron chi connectivity index (χ1n) is 7.84. The summed E-state index contributed by atoms with van der Waals surface area (Å²) in [6.07, 6.45) is 2.12. The number of benzene rings is 2. The van der Waals surface area contributed by atoms with Crippen LogP contribution in [0.25, 0.3) is 6.08 Å². The average molecular weight is 344 g/mol. The lowest BCUT2D eigenvalue weighted by molar-refractivity contribution is 0.519. The Morgan fingerprint density at radius 3 is 2.33 bits per heavy atom. The maximum Gasteiger partial charge on any atom is 0.242 e. The topological polar surface area (TPSA) is 49.4 Å². The SMILES string of the molecule is C/C(=C\c1ccccc1)CNCc1ccccc1S(=O)(=O)N(C)C. The van der Waals surface area contributed by atoms with Crippen molar-refractivity contribution in [2.75, 3.05) is 20.6 Å². The van der Waals surface area contributed by atoms with Gasteiger partial charge in [0.05, 0.1) is 4.90 Å². The van der Waals surface area contributed by atoms with Crippen molar-refractivity contribution in [1.82, 2.24) is 9.62 Å². The molecule has 0 aliphatic heterocycles. The van der Waals surface area contributed by atoms with E-state index in [0.29, 0.717) is 18.0 Å². The van der Waals surface area contributed by atoms with E-state index in [-0.39, 0.29) is 0 Å². The third kappa shape index (κ3) is 4.77. The van der Waals surface area contributed by atoms with E-state index in [1.807, 2.05) is 30.3 Å². The highest BCUT2D eigenvalue weighted by Gasteiger charge is 2.20. The molecule has 0 atom stereocenters. The largest absolute Gasteiger partial charge is 0.309 e. The van der Waals surface area contributed by atoms with Gasteiger partial charge in [0.1, 0.15) is 0 Å². The molecule has 0 heterocycles. The Labute approximate surface area is 144 Å². The van der Waals surface area contributed by atoms with Crippen LogP contribution >= 0.6 is 0 Å². The van der Waals surface area contributed by atoms with Gasteiger partial charge in [-0.2, -0.15) is 0 Å². The number of hydrogen-bond donors (Lipinski definition) is 1. The summed E-state index contributed by atoms with van der Waals surface area (Å²) in [5.41, 5.74) is 3.13. The van der Waals surface area contributed by atoms with E-state index in [2.05, 4.69) is 30.4 Å². The van der Waals surface area contributed by atoms with Crippen LogP contribution in [0, 0.1) is 0 Å². The van der Waals surface area contributed by atoms with Crippen LogP contribution in [0.4, 0.5) is 0 Å². The van der Waals surface area contributed by atoms with Gasteiger partial charge in [-0.05, 0) is 24.1 Å². The van der Waals surface area contributed by atoms with Gasteiger partial charge in [-0.1, -0.05) is 60.2 Å². The van der Waals surface area contributed by atoms with Crippen LogP contribution in [0.1, 0.15) is 18.1 Å². The number of nitrogens with one attached hydrogen (secondary N) is 1. The Bertz CT molecular complexity index is 797. The summed E-state index contributed by atoms with van der Waals surface area (Å²) < 4.78 is 26.0. The van der Waals surface area contributed by atoms with Crippen LogP contribution in [0.2, 0.25) is 0 Å². The molecule has 128 valence electrons. The van der Waals surface area contributed by atoms with Gasteiger partial charge in [0.25, 0.3) is 0 Å². The molecule has 0 fully saturated rings. The molecule has 0 radical (unpaired) electrons. The van der Waals surface area contributed by atoms with Crippen LogP contribution in [0.3, 0.4) is 0 Å². The van der Waals surface area contributed by atoms with Crippen molar-refractivity contribution in [3.63, 3.8) is 0 Å². The Balaban J connectivity index is 2.04. The molecule has 2 aromatic rings. The molecule has 1 N–H and O–H groups in total. The standard InChI is InChI=1S/C19H24N2O2S/c1-16(13-17-9-5-4-6-10-17)14-20-15-18-11-7-8-12-19(18)24(22,23)21(2)3/h4-13,20H,14-15H2,1-3H3/b16-13+. The molecule has 0 aromatic heterocycles. The van der Waals surface area contributed by atoms with Gasteiger partial charge >= 0.3 is 0 Å². The highest BCUT2D eigenvalue weighted by molar-refractivity contribution is 7.89. The van der Waals surface area contributed by atoms with E-state index < -0.39 is 10.0 Å². The molecule has 4 nitrogen and oxygen atoms in total. The molecule has 0 spiro atoms. The molecule has 2 rings (SSSR count). The first-order chi connectivity index (χ1) is 11.4. The quantitative estimate of drug-likeness (QED) is 0.839. The number of sulfonamides is 1. The lowest BCUT2D eigenvalue weighted by Crippen LogP contribution is -2.25.